The van der Waals surface area contributed by atoms with E-state index < -0.39 is 18.0 Å². The Hall–Kier alpha value is -2.09. The lowest BCUT2D eigenvalue weighted by molar-refractivity contribution is -0.140. The molecule has 2 rings (SSSR count). The summed E-state index contributed by atoms with van der Waals surface area (Å²) in [7, 11) is 0. The largest absolute Gasteiger partial charge is 0.465 e. The predicted octanol–water partition coefficient (Wildman–Crippen LogP) is 3.60. The second-order valence-electron chi connectivity index (χ2n) is 3.89. The van der Waals surface area contributed by atoms with Gasteiger partial charge in [-0.25, -0.2) is 9.78 Å². The number of hydrogen-bond acceptors (Lipinski definition) is 3. The molecule has 2 aromatic rings. The fourth-order valence-corrected chi connectivity index (χ4v) is 2.31. The summed E-state index contributed by atoms with van der Waals surface area (Å²) >= 11 is 0.913. The average molecular weight is 302 g/mol. The number of rotatable bonds is 3. The summed E-state index contributed by atoms with van der Waals surface area (Å²) in [4.78, 5) is 13.9. The lowest BCUT2D eigenvalue weighted by Gasteiger charge is -2.03. The van der Waals surface area contributed by atoms with Crippen LogP contribution >= 0.6 is 11.3 Å². The highest BCUT2D eigenvalue weighted by Crippen LogP contribution is 2.33. The summed E-state index contributed by atoms with van der Waals surface area (Å²) < 4.78 is 37.3. The number of carbonyl (C=O) groups is 1. The molecule has 0 fully saturated rings. The average Bonchev–Trinajstić information content (AvgIpc) is 2.86. The van der Waals surface area contributed by atoms with E-state index >= 15 is 0 Å². The number of carboxylic acid groups (broad SMARTS) is 1. The molecule has 0 saturated carbocycles. The number of benzene rings is 1. The molecule has 1 heterocycles. The summed E-state index contributed by atoms with van der Waals surface area (Å²) in [5, 5.41) is 11.9. The third-order valence-electron chi connectivity index (χ3n) is 2.44. The molecule has 0 unspecified atom stereocenters. The van der Waals surface area contributed by atoms with Crippen molar-refractivity contribution in [3.63, 3.8) is 0 Å². The Morgan fingerprint density at radius 3 is 2.45 bits per heavy atom. The third kappa shape index (κ3) is 3.47. The molecule has 0 spiro atoms. The van der Waals surface area contributed by atoms with Crippen molar-refractivity contribution in [2.45, 2.75) is 12.7 Å². The minimum atomic E-state index is -4.44. The predicted molar refractivity (Wildman–Crippen MR) is 67.4 cm³/mol. The van der Waals surface area contributed by atoms with Crippen molar-refractivity contribution in [3.05, 3.63) is 40.9 Å². The maximum atomic E-state index is 12.4. The molecule has 2 N–H and O–H groups in total. The van der Waals surface area contributed by atoms with E-state index in [9.17, 15) is 18.0 Å². The number of thiazole rings is 1. The maximum absolute atomic E-state index is 12.4. The van der Waals surface area contributed by atoms with Crippen LogP contribution in [0.4, 0.5) is 18.0 Å². The molecule has 0 radical (unpaired) electrons. The minimum absolute atomic E-state index is 0.140. The van der Waals surface area contributed by atoms with Crippen molar-refractivity contribution < 1.29 is 23.1 Å². The Bertz CT molecular complexity index is 608. The molecule has 0 saturated heterocycles. The Balaban J connectivity index is 2.14. The standard InChI is InChI=1S/C12H9F3N2O2S/c13-12(14,15)9-6-20-10(17-9)8-3-1-7(2-4-8)5-16-11(18)19/h1-4,6,16H,5H2,(H,18,19). The van der Waals surface area contributed by atoms with Gasteiger partial charge in [0.05, 0.1) is 0 Å². The number of nitrogens with zero attached hydrogens (tertiary/aromatic N) is 1. The fourth-order valence-electron chi connectivity index (χ4n) is 1.48. The van der Waals surface area contributed by atoms with Crippen LogP contribution in [0.1, 0.15) is 11.3 Å². The number of nitrogens with one attached hydrogen (secondary N) is 1. The van der Waals surface area contributed by atoms with Crippen LogP contribution in [0.5, 0.6) is 0 Å². The zero-order valence-corrected chi connectivity index (χ0v) is 10.8. The Kier molecular flexibility index (Phi) is 3.93. The van der Waals surface area contributed by atoms with Gasteiger partial charge in [0.25, 0.3) is 0 Å². The van der Waals surface area contributed by atoms with E-state index in [1.54, 1.807) is 24.3 Å². The van der Waals surface area contributed by atoms with Crippen molar-refractivity contribution in [1.82, 2.24) is 10.3 Å². The van der Waals surface area contributed by atoms with Crippen LogP contribution in [0.3, 0.4) is 0 Å². The van der Waals surface area contributed by atoms with Gasteiger partial charge in [-0.3, -0.25) is 0 Å². The topological polar surface area (TPSA) is 62.2 Å². The summed E-state index contributed by atoms with van der Waals surface area (Å²) in [5.74, 6) is 0. The second kappa shape index (κ2) is 5.49. The van der Waals surface area contributed by atoms with Gasteiger partial charge in [-0.05, 0) is 5.56 Å². The van der Waals surface area contributed by atoms with Gasteiger partial charge in [0, 0.05) is 17.5 Å². The SMILES string of the molecule is O=C(O)NCc1ccc(-c2nc(C(F)(F)F)cs2)cc1. The number of aromatic nitrogens is 1. The van der Waals surface area contributed by atoms with Gasteiger partial charge in [-0.1, -0.05) is 24.3 Å². The number of alkyl halides is 3. The first-order valence-electron chi connectivity index (χ1n) is 5.45. The van der Waals surface area contributed by atoms with Crippen LogP contribution in [0.25, 0.3) is 10.6 Å². The molecule has 20 heavy (non-hydrogen) atoms. The fraction of sp³-hybridized carbons (Fsp3) is 0.167. The van der Waals surface area contributed by atoms with E-state index in [0.29, 0.717) is 11.1 Å². The first kappa shape index (κ1) is 14.3. The normalized spacial score (nSPS) is 11.3. The molecule has 8 heteroatoms. The summed E-state index contributed by atoms with van der Waals surface area (Å²) in [6.45, 7) is 0.140. The molecular weight excluding hydrogens is 293 g/mol. The highest BCUT2D eigenvalue weighted by molar-refractivity contribution is 7.13. The zero-order valence-electron chi connectivity index (χ0n) is 9.94. The lowest BCUT2D eigenvalue weighted by atomic mass is 10.1. The van der Waals surface area contributed by atoms with Crippen LogP contribution in [-0.2, 0) is 12.7 Å². The number of amides is 1. The van der Waals surface area contributed by atoms with E-state index in [2.05, 4.69) is 10.3 Å². The van der Waals surface area contributed by atoms with Gasteiger partial charge in [0.1, 0.15) is 5.01 Å². The number of halogens is 3. The lowest BCUT2D eigenvalue weighted by Crippen LogP contribution is -2.19. The Morgan fingerprint density at radius 2 is 1.95 bits per heavy atom. The van der Waals surface area contributed by atoms with Crippen LogP contribution in [-0.4, -0.2) is 16.2 Å². The van der Waals surface area contributed by atoms with Crippen LogP contribution in [0.15, 0.2) is 29.6 Å². The molecule has 1 aromatic heterocycles. The molecular formula is C12H9F3N2O2S. The van der Waals surface area contributed by atoms with Gasteiger partial charge in [-0.2, -0.15) is 13.2 Å². The Labute approximate surface area is 115 Å². The first-order valence-corrected chi connectivity index (χ1v) is 6.33. The highest BCUT2D eigenvalue weighted by atomic mass is 32.1. The van der Waals surface area contributed by atoms with E-state index in [-0.39, 0.29) is 11.6 Å². The van der Waals surface area contributed by atoms with Crippen molar-refractivity contribution in [3.8, 4) is 10.6 Å². The summed E-state index contributed by atoms with van der Waals surface area (Å²) in [6, 6.07) is 6.50. The Morgan fingerprint density at radius 1 is 1.30 bits per heavy atom. The van der Waals surface area contributed by atoms with E-state index in [1.807, 2.05) is 0 Å². The van der Waals surface area contributed by atoms with Crippen LogP contribution in [0, 0.1) is 0 Å². The maximum Gasteiger partial charge on any atom is 0.434 e. The van der Waals surface area contributed by atoms with Crippen LogP contribution < -0.4 is 5.32 Å². The van der Waals surface area contributed by atoms with E-state index in [4.69, 9.17) is 5.11 Å². The van der Waals surface area contributed by atoms with Crippen LogP contribution in [0.2, 0.25) is 0 Å². The third-order valence-corrected chi connectivity index (χ3v) is 3.33. The van der Waals surface area contributed by atoms with Gasteiger partial charge < -0.3 is 10.4 Å². The zero-order chi connectivity index (χ0) is 14.8. The van der Waals surface area contributed by atoms with Crippen molar-refractivity contribution in [2.24, 2.45) is 0 Å². The minimum Gasteiger partial charge on any atom is -0.465 e. The highest BCUT2D eigenvalue weighted by Gasteiger charge is 2.33. The molecule has 0 aliphatic carbocycles. The molecule has 0 bridgehead atoms. The molecule has 1 amide bonds. The summed E-state index contributed by atoms with van der Waals surface area (Å²) in [6.07, 6.45) is -5.58. The van der Waals surface area contributed by atoms with Gasteiger partial charge in [0.2, 0.25) is 0 Å². The molecule has 106 valence electrons. The van der Waals surface area contributed by atoms with Crippen molar-refractivity contribution >= 4 is 17.4 Å². The summed E-state index contributed by atoms with van der Waals surface area (Å²) in [5.41, 5.74) is 0.363. The van der Waals surface area contributed by atoms with Gasteiger partial charge in [0.15, 0.2) is 5.69 Å². The smallest absolute Gasteiger partial charge is 0.434 e. The van der Waals surface area contributed by atoms with E-state index in [1.165, 1.54) is 0 Å². The molecule has 0 aliphatic rings. The monoisotopic (exact) mass is 302 g/mol. The quantitative estimate of drug-likeness (QED) is 0.910. The molecule has 4 nitrogen and oxygen atoms in total. The van der Waals surface area contributed by atoms with Gasteiger partial charge in [-0.15, -0.1) is 11.3 Å². The molecule has 0 atom stereocenters. The number of hydrogen-bond donors (Lipinski definition) is 2. The first-order chi connectivity index (χ1) is 9.36. The van der Waals surface area contributed by atoms with Crippen molar-refractivity contribution in [2.75, 3.05) is 0 Å². The molecule has 0 aliphatic heterocycles. The van der Waals surface area contributed by atoms with Gasteiger partial charge >= 0.3 is 12.3 Å². The van der Waals surface area contributed by atoms with E-state index in [0.717, 1.165) is 16.7 Å². The van der Waals surface area contributed by atoms with Crippen molar-refractivity contribution in [1.29, 1.82) is 0 Å². The molecule has 1 aromatic carbocycles. The second-order valence-corrected chi connectivity index (χ2v) is 4.75.